The fraction of sp³-hybridized carbons (Fsp3) is 0.391. The molecule has 0 heterocycles. The van der Waals surface area contributed by atoms with Crippen molar-refractivity contribution in [3.8, 4) is 11.5 Å². The first kappa shape index (κ1) is 29.7. The van der Waals surface area contributed by atoms with E-state index in [1.54, 1.807) is 0 Å². The molecule has 38 heavy (non-hydrogen) atoms. The summed E-state index contributed by atoms with van der Waals surface area (Å²) < 4.78 is 37.4. The molecule has 1 N–H and O–H groups in total. The Labute approximate surface area is 215 Å². The molecule has 14 nitrogen and oxygen atoms in total. The van der Waals surface area contributed by atoms with E-state index in [-0.39, 0.29) is 34.0 Å². The van der Waals surface area contributed by atoms with Gasteiger partial charge in [-0.1, -0.05) is 0 Å². The number of rotatable bonds is 11. The minimum Gasteiger partial charge on any atom is -0.490 e. The Morgan fingerprint density at radius 2 is 1.39 bits per heavy atom. The summed E-state index contributed by atoms with van der Waals surface area (Å²) in [5, 5.41) is 24.7. The number of methoxy groups -OCH3 is 4. The van der Waals surface area contributed by atoms with Crippen LogP contribution >= 0.6 is 0 Å². The molecule has 1 fully saturated rings. The number of hydrogen-bond donors (Lipinski definition) is 1. The average molecular weight is 539 g/mol. The molecule has 2 aromatic carbocycles. The molecule has 0 atom stereocenters. The molecular formula is C23H26FN3O11. The Balaban J connectivity index is 0.000000281. The maximum absolute atomic E-state index is 13.3. The van der Waals surface area contributed by atoms with Crippen molar-refractivity contribution in [2.24, 2.45) is 0 Å². The van der Waals surface area contributed by atoms with Crippen molar-refractivity contribution in [1.29, 1.82) is 0 Å². The van der Waals surface area contributed by atoms with Gasteiger partial charge in [0.25, 0.3) is 0 Å². The molecule has 206 valence electrons. The number of esters is 2. The van der Waals surface area contributed by atoms with E-state index < -0.39 is 33.3 Å². The summed E-state index contributed by atoms with van der Waals surface area (Å²) in [5.74, 6) is -2.87. The van der Waals surface area contributed by atoms with Gasteiger partial charge in [-0.25, -0.2) is 9.59 Å². The van der Waals surface area contributed by atoms with E-state index in [1.807, 2.05) is 0 Å². The molecule has 1 aliphatic rings. The second kappa shape index (κ2) is 13.7. The van der Waals surface area contributed by atoms with E-state index in [2.05, 4.69) is 19.5 Å². The number of nitrogens with zero attached hydrogens (tertiary/aromatic N) is 2. The highest BCUT2D eigenvalue weighted by Gasteiger charge is 2.26. The van der Waals surface area contributed by atoms with Crippen molar-refractivity contribution >= 4 is 29.0 Å². The number of ether oxygens (including phenoxy) is 5. The van der Waals surface area contributed by atoms with E-state index in [9.17, 15) is 34.2 Å². The van der Waals surface area contributed by atoms with Gasteiger partial charge in [-0.15, -0.1) is 0 Å². The van der Waals surface area contributed by atoms with Crippen LogP contribution < -0.4 is 14.8 Å². The van der Waals surface area contributed by atoms with Crippen molar-refractivity contribution in [2.75, 3.05) is 46.9 Å². The van der Waals surface area contributed by atoms with Gasteiger partial charge in [0.15, 0.2) is 5.75 Å². The lowest BCUT2D eigenvalue weighted by Gasteiger charge is -2.11. The van der Waals surface area contributed by atoms with Crippen molar-refractivity contribution in [3.05, 3.63) is 61.4 Å². The Morgan fingerprint density at radius 3 is 1.84 bits per heavy atom. The summed E-state index contributed by atoms with van der Waals surface area (Å²) in [6, 6.07) is 4.44. The van der Waals surface area contributed by atoms with Crippen molar-refractivity contribution in [2.45, 2.75) is 18.9 Å². The Kier molecular flexibility index (Phi) is 10.7. The number of carbonyl (C=O) groups is 2. The quantitative estimate of drug-likeness (QED) is 0.190. The SMILES string of the molecule is COC(=O)c1cc(F)c([N+](=O)[O-])c(OC)c1.COC(=O)c1cc(NCCOC2CC2)c([N+](=O)[O-])c(OC)c1. The fourth-order valence-electron chi connectivity index (χ4n) is 3.11. The van der Waals surface area contributed by atoms with Gasteiger partial charge in [-0.05, 0) is 25.0 Å². The zero-order valence-electron chi connectivity index (χ0n) is 21.0. The van der Waals surface area contributed by atoms with Gasteiger partial charge in [0.05, 0.1) is 62.1 Å². The number of nitrogens with one attached hydrogen (secondary N) is 1. The Hall–Kier alpha value is -4.53. The maximum atomic E-state index is 13.3. The van der Waals surface area contributed by atoms with E-state index in [0.717, 1.165) is 39.2 Å². The average Bonchev–Trinajstić information content (AvgIpc) is 3.73. The lowest BCUT2D eigenvalue weighted by Crippen LogP contribution is -2.13. The van der Waals surface area contributed by atoms with E-state index >= 15 is 0 Å². The number of anilines is 1. The standard InChI is InChI=1S/C14H18N2O6.C9H8FNO5/c1-20-12-8-9(14(17)21-2)7-11(13(12)16(18)19)15-5-6-22-10-3-4-10;1-15-7-4-5(9(12)16-2)3-6(10)8(7)11(13)14/h7-8,10,15H,3-6H2,1-2H3;3-4H,1-2H3. The maximum Gasteiger partial charge on any atom is 0.346 e. The summed E-state index contributed by atoms with van der Waals surface area (Å²) in [4.78, 5) is 43.0. The van der Waals surface area contributed by atoms with Gasteiger partial charge in [0.1, 0.15) is 5.69 Å². The zero-order chi connectivity index (χ0) is 28.4. The molecule has 1 aliphatic carbocycles. The third-order valence-electron chi connectivity index (χ3n) is 5.05. The summed E-state index contributed by atoms with van der Waals surface area (Å²) in [6.07, 6.45) is 2.44. The van der Waals surface area contributed by atoms with Crippen molar-refractivity contribution in [3.63, 3.8) is 0 Å². The third-order valence-corrected chi connectivity index (χ3v) is 5.05. The molecule has 0 spiro atoms. The van der Waals surface area contributed by atoms with E-state index in [1.165, 1.54) is 26.4 Å². The summed E-state index contributed by atoms with van der Waals surface area (Å²) in [5.41, 5.74) is -0.807. The first-order valence-electron chi connectivity index (χ1n) is 11.0. The van der Waals surface area contributed by atoms with Gasteiger partial charge in [-0.2, -0.15) is 4.39 Å². The summed E-state index contributed by atoms with van der Waals surface area (Å²) in [6.45, 7) is 0.831. The highest BCUT2D eigenvalue weighted by molar-refractivity contribution is 5.93. The molecule has 2 aromatic rings. The number of benzene rings is 2. The predicted molar refractivity (Wildman–Crippen MR) is 129 cm³/mol. The van der Waals surface area contributed by atoms with Gasteiger partial charge in [0, 0.05) is 18.7 Å². The molecule has 0 aromatic heterocycles. The highest BCUT2D eigenvalue weighted by Crippen LogP contribution is 2.36. The summed E-state index contributed by atoms with van der Waals surface area (Å²) >= 11 is 0. The minimum atomic E-state index is -1.15. The smallest absolute Gasteiger partial charge is 0.346 e. The second-order valence-corrected chi connectivity index (χ2v) is 7.58. The first-order valence-corrected chi connectivity index (χ1v) is 11.0. The Bertz CT molecular complexity index is 1200. The lowest BCUT2D eigenvalue weighted by molar-refractivity contribution is -0.388. The van der Waals surface area contributed by atoms with Crippen LogP contribution in [0.2, 0.25) is 0 Å². The van der Waals surface area contributed by atoms with Crippen LogP contribution in [0.3, 0.4) is 0 Å². The van der Waals surface area contributed by atoms with Crippen LogP contribution in [-0.2, 0) is 14.2 Å². The van der Waals surface area contributed by atoms with Crippen molar-refractivity contribution in [1.82, 2.24) is 0 Å². The van der Waals surface area contributed by atoms with Crippen LogP contribution in [0, 0.1) is 26.0 Å². The van der Waals surface area contributed by atoms with Crippen LogP contribution in [-0.4, -0.2) is 69.5 Å². The number of nitro groups is 2. The van der Waals surface area contributed by atoms with E-state index in [0.29, 0.717) is 19.3 Å². The molecule has 0 radical (unpaired) electrons. The predicted octanol–water partition coefficient (Wildman–Crippen LogP) is 3.51. The Morgan fingerprint density at radius 1 is 0.895 bits per heavy atom. The first-order chi connectivity index (χ1) is 18.1. The number of carbonyl (C=O) groups excluding carboxylic acids is 2. The van der Waals surface area contributed by atoms with Crippen LogP contribution in [0.1, 0.15) is 33.6 Å². The third kappa shape index (κ3) is 7.73. The molecule has 0 bridgehead atoms. The van der Waals surface area contributed by atoms with Crippen LogP contribution in [0.25, 0.3) is 0 Å². The number of halogens is 1. The molecule has 0 aliphatic heterocycles. The normalized spacial score (nSPS) is 11.9. The van der Waals surface area contributed by atoms with Gasteiger partial charge < -0.3 is 29.0 Å². The van der Waals surface area contributed by atoms with Gasteiger partial charge >= 0.3 is 23.3 Å². The number of nitro benzene ring substituents is 2. The zero-order valence-corrected chi connectivity index (χ0v) is 21.0. The minimum absolute atomic E-state index is 0.00138. The lowest BCUT2D eigenvalue weighted by atomic mass is 10.1. The fourth-order valence-corrected chi connectivity index (χ4v) is 3.11. The number of hydrogen-bond acceptors (Lipinski definition) is 12. The van der Waals surface area contributed by atoms with Crippen LogP contribution in [0.4, 0.5) is 21.5 Å². The molecule has 15 heteroatoms. The molecule has 0 saturated heterocycles. The second-order valence-electron chi connectivity index (χ2n) is 7.58. The molecular weight excluding hydrogens is 513 g/mol. The summed E-state index contributed by atoms with van der Waals surface area (Å²) in [7, 11) is 4.81. The van der Waals surface area contributed by atoms with Crippen molar-refractivity contribution < 1.29 is 47.5 Å². The topological polar surface area (TPSA) is 179 Å². The molecule has 0 unspecified atom stereocenters. The van der Waals surface area contributed by atoms with Gasteiger partial charge in [0.2, 0.25) is 11.6 Å². The molecule has 0 amide bonds. The monoisotopic (exact) mass is 539 g/mol. The highest BCUT2D eigenvalue weighted by atomic mass is 19.1. The van der Waals surface area contributed by atoms with E-state index in [4.69, 9.17) is 9.47 Å². The molecule has 3 rings (SSSR count). The van der Waals surface area contributed by atoms with Crippen LogP contribution in [0.15, 0.2) is 24.3 Å². The largest absolute Gasteiger partial charge is 0.490 e. The van der Waals surface area contributed by atoms with Crippen LogP contribution in [0.5, 0.6) is 11.5 Å². The molecule has 1 saturated carbocycles. The van der Waals surface area contributed by atoms with Gasteiger partial charge in [-0.3, -0.25) is 20.2 Å².